The Bertz CT molecular complexity index is 795. The largest absolute Gasteiger partial charge is 0.493 e. The molecule has 0 bridgehead atoms. The summed E-state index contributed by atoms with van der Waals surface area (Å²) < 4.78 is 10.6. The first kappa shape index (κ1) is 21.1. The minimum Gasteiger partial charge on any atom is -0.493 e. The van der Waals surface area contributed by atoms with E-state index in [1.54, 1.807) is 25.2 Å². The molecule has 2 N–H and O–H groups in total. The molecule has 2 amide bonds. The monoisotopic (exact) mass is 385 g/mol. The minimum atomic E-state index is -0.431. The van der Waals surface area contributed by atoms with Crippen molar-refractivity contribution < 1.29 is 19.1 Å². The van der Waals surface area contributed by atoms with Gasteiger partial charge in [-0.05, 0) is 17.7 Å². The molecule has 2 aromatic rings. The van der Waals surface area contributed by atoms with Crippen LogP contribution in [0.5, 0.6) is 11.5 Å². The number of carbonyl (C=O) groups is 2. The maximum absolute atomic E-state index is 12.9. The van der Waals surface area contributed by atoms with Crippen molar-refractivity contribution in [1.29, 1.82) is 0 Å². The fraction of sp³-hybridized carbons (Fsp3) is 0.333. The van der Waals surface area contributed by atoms with Crippen molar-refractivity contribution in [1.82, 2.24) is 4.90 Å². The summed E-state index contributed by atoms with van der Waals surface area (Å²) in [6, 6.07) is 15.1. The number of nitrogens with zero attached hydrogens (tertiary/aromatic N) is 2. The normalized spacial score (nSPS) is 10.2. The molecule has 2 aromatic carbocycles. The Morgan fingerprint density at radius 3 is 2.29 bits per heavy atom. The molecule has 0 unspecified atom stereocenters. The molecule has 28 heavy (non-hydrogen) atoms. The zero-order chi connectivity index (χ0) is 20.5. The highest BCUT2D eigenvalue weighted by Crippen LogP contribution is 2.31. The number of carbonyl (C=O) groups excluding carboxylic acids is 2. The third-order valence-electron chi connectivity index (χ3n) is 4.38. The number of primary amides is 1. The Morgan fingerprint density at radius 1 is 1.00 bits per heavy atom. The van der Waals surface area contributed by atoms with Crippen LogP contribution in [0.2, 0.25) is 0 Å². The average Bonchev–Trinajstić information content (AvgIpc) is 2.70. The van der Waals surface area contributed by atoms with Crippen molar-refractivity contribution in [3.05, 3.63) is 54.1 Å². The Hall–Kier alpha value is -3.22. The lowest BCUT2D eigenvalue weighted by Gasteiger charge is -2.26. The van der Waals surface area contributed by atoms with Gasteiger partial charge in [-0.25, -0.2) is 0 Å². The van der Waals surface area contributed by atoms with E-state index in [0.29, 0.717) is 18.0 Å². The van der Waals surface area contributed by atoms with E-state index in [1.165, 1.54) is 0 Å². The summed E-state index contributed by atoms with van der Waals surface area (Å²) in [6.45, 7) is 0.858. The van der Waals surface area contributed by atoms with Gasteiger partial charge in [-0.2, -0.15) is 0 Å². The average molecular weight is 385 g/mol. The van der Waals surface area contributed by atoms with E-state index in [9.17, 15) is 9.59 Å². The fourth-order valence-corrected chi connectivity index (χ4v) is 2.80. The number of benzene rings is 2. The number of rotatable bonds is 10. The molecule has 0 saturated heterocycles. The SMILES string of the molecule is COc1ccc(N(C)CC(=O)N(CCC(N)=O)Cc2ccccc2)cc1OC. The smallest absolute Gasteiger partial charge is 0.242 e. The van der Waals surface area contributed by atoms with Gasteiger partial charge in [0.25, 0.3) is 0 Å². The summed E-state index contributed by atoms with van der Waals surface area (Å²) in [5, 5.41) is 0. The van der Waals surface area contributed by atoms with Gasteiger partial charge in [0.1, 0.15) is 0 Å². The van der Waals surface area contributed by atoms with Crippen LogP contribution in [0.15, 0.2) is 48.5 Å². The maximum atomic E-state index is 12.9. The van der Waals surface area contributed by atoms with Crippen molar-refractivity contribution in [2.75, 3.05) is 39.3 Å². The topological polar surface area (TPSA) is 85.1 Å². The quantitative estimate of drug-likeness (QED) is 0.677. The molecule has 0 radical (unpaired) electrons. The first-order chi connectivity index (χ1) is 13.4. The molecule has 0 aliphatic rings. The van der Waals surface area contributed by atoms with Gasteiger partial charge in [-0.3, -0.25) is 9.59 Å². The number of likely N-dealkylation sites (N-methyl/N-ethyl adjacent to an activating group) is 1. The van der Waals surface area contributed by atoms with Gasteiger partial charge >= 0.3 is 0 Å². The molecule has 7 nitrogen and oxygen atoms in total. The van der Waals surface area contributed by atoms with Gasteiger partial charge < -0.3 is 25.0 Å². The van der Waals surface area contributed by atoms with Crippen LogP contribution in [-0.2, 0) is 16.1 Å². The Morgan fingerprint density at radius 2 is 1.68 bits per heavy atom. The number of amides is 2. The molecular formula is C21H27N3O4. The molecule has 2 rings (SSSR count). The minimum absolute atomic E-state index is 0.0950. The summed E-state index contributed by atoms with van der Waals surface area (Å²) in [7, 11) is 4.97. The third kappa shape index (κ3) is 5.90. The van der Waals surface area contributed by atoms with Crippen LogP contribution in [-0.4, -0.2) is 51.1 Å². The Balaban J connectivity index is 2.11. The highest BCUT2D eigenvalue weighted by atomic mass is 16.5. The van der Waals surface area contributed by atoms with Crippen molar-refractivity contribution >= 4 is 17.5 Å². The number of hydrogen-bond donors (Lipinski definition) is 1. The molecule has 0 aromatic heterocycles. The van der Waals surface area contributed by atoms with E-state index in [2.05, 4.69) is 0 Å². The summed E-state index contributed by atoms with van der Waals surface area (Å²) in [4.78, 5) is 27.6. The van der Waals surface area contributed by atoms with E-state index in [1.807, 2.05) is 54.4 Å². The van der Waals surface area contributed by atoms with Crippen molar-refractivity contribution in [3.8, 4) is 11.5 Å². The maximum Gasteiger partial charge on any atom is 0.242 e. The number of nitrogens with two attached hydrogens (primary N) is 1. The number of methoxy groups -OCH3 is 2. The van der Waals surface area contributed by atoms with Gasteiger partial charge in [0.15, 0.2) is 11.5 Å². The zero-order valence-electron chi connectivity index (χ0n) is 16.6. The molecular weight excluding hydrogens is 358 g/mol. The molecule has 0 heterocycles. The van der Waals surface area contributed by atoms with Crippen LogP contribution in [0.3, 0.4) is 0 Å². The predicted molar refractivity (Wildman–Crippen MR) is 108 cm³/mol. The van der Waals surface area contributed by atoms with E-state index >= 15 is 0 Å². The van der Waals surface area contributed by atoms with Gasteiger partial charge in [-0.1, -0.05) is 30.3 Å². The molecule has 7 heteroatoms. The van der Waals surface area contributed by atoms with Crippen LogP contribution in [0.25, 0.3) is 0 Å². The number of ether oxygens (including phenoxy) is 2. The summed E-state index contributed by atoms with van der Waals surface area (Å²) in [5.41, 5.74) is 7.09. The lowest BCUT2D eigenvalue weighted by Crippen LogP contribution is -2.40. The van der Waals surface area contributed by atoms with Crippen LogP contribution in [0.1, 0.15) is 12.0 Å². The van der Waals surface area contributed by atoms with Crippen LogP contribution >= 0.6 is 0 Å². The number of hydrogen-bond acceptors (Lipinski definition) is 5. The zero-order valence-corrected chi connectivity index (χ0v) is 16.6. The molecule has 0 aliphatic carbocycles. The number of anilines is 1. The molecule has 0 fully saturated rings. The van der Waals surface area contributed by atoms with Crippen LogP contribution in [0.4, 0.5) is 5.69 Å². The predicted octanol–water partition coefficient (Wildman–Crippen LogP) is 2.04. The molecule has 0 saturated carbocycles. The Labute approximate surface area is 165 Å². The van der Waals surface area contributed by atoms with E-state index < -0.39 is 5.91 Å². The molecule has 0 aliphatic heterocycles. The second kappa shape index (κ2) is 10.2. The van der Waals surface area contributed by atoms with Gasteiger partial charge in [-0.15, -0.1) is 0 Å². The van der Waals surface area contributed by atoms with E-state index in [4.69, 9.17) is 15.2 Å². The van der Waals surface area contributed by atoms with Crippen molar-refractivity contribution in [2.24, 2.45) is 5.73 Å². The summed E-state index contributed by atoms with van der Waals surface area (Å²) in [5.74, 6) is 0.689. The van der Waals surface area contributed by atoms with Crippen LogP contribution < -0.4 is 20.1 Å². The van der Waals surface area contributed by atoms with E-state index in [0.717, 1.165) is 11.3 Å². The van der Waals surface area contributed by atoms with Gasteiger partial charge in [0, 0.05) is 38.3 Å². The lowest BCUT2D eigenvalue weighted by molar-refractivity contribution is -0.130. The molecule has 150 valence electrons. The first-order valence-corrected chi connectivity index (χ1v) is 8.97. The first-order valence-electron chi connectivity index (χ1n) is 8.97. The highest BCUT2D eigenvalue weighted by molar-refractivity contribution is 5.82. The second-order valence-corrected chi connectivity index (χ2v) is 6.41. The lowest BCUT2D eigenvalue weighted by atomic mass is 10.2. The second-order valence-electron chi connectivity index (χ2n) is 6.41. The van der Waals surface area contributed by atoms with Gasteiger partial charge in [0.05, 0.1) is 20.8 Å². The molecule has 0 atom stereocenters. The fourth-order valence-electron chi connectivity index (χ4n) is 2.80. The highest BCUT2D eigenvalue weighted by Gasteiger charge is 2.18. The van der Waals surface area contributed by atoms with Gasteiger partial charge in [0.2, 0.25) is 11.8 Å². The molecule has 0 spiro atoms. The van der Waals surface area contributed by atoms with Crippen molar-refractivity contribution in [3.63, 3.8) is 0 Å². The summed E-state index contributed by atoms with van der Waals surface area (Å²) >= 11 is 0. The standard InChI is InChI=1S/C21H27N3O4/c1-23(17-9-10-18(27-2)19(13-17)28-3)15-21(26)24(12-11-20(22)25)14-16-7-5-4-6-8-16/h4-10,13H,11-12,14-15H2,1-3H3,(H2,22,25). The Kier molecular flexibility index (Phi) is 7.68. The third-order valence-corrected chi connectivity index (χ3v) is 4.38. The van der Waals surface area contributed by atoms with Crippen LogP contribution in [0, 0.1) is 0 Å². The summed E-state index contributed by atoms with van der Waals surface area (Å²) in [6.07, 6.45) is 0.124. The van der Waals surface area contributed by atoms with E-state index in [-0.39, 0.29) is 25.4 Å². The van der Waals surface area contributed by atoms with Crippen molar-refractivity contribution in [2.45, 2.75) is 13.0 Å².